The van der Waals surface area contributed by atoms with Crippen LogP contribution in [0.4, 0.5) is 0 Å². The summed E-state index contributed by atoms with van der Waals surface area (Å²) in [5, 5.41) is 12.0. The van der Waals surface area contributed by atoms with Crippen molar-refractivity contribution in [3.05, 3.63) is 30.0 Å². The molecule has 0 aromatic carbocycles. The number of aromatic nitrogens is 2. The molecule has 2 heterocycles. The molecule has 0 aliphatic carbocycles. The third kappa shape index (κ3) is 3.90. The van der Waals surface area contributed by atoms with Gasteiger partial charge in [-0.25, -0.2) is 0 Å². The lowest BCUT2D eigenvalue weighted by Gasteiger charge is -2.08. The highest BCUT2D eigenvalue weighted by Crippen LogP contribution is 2.20. The van der Waals surface area contributed by atoms with Gasteiger partial charge in [0.05, 0.1) is 12.8 Å². The monoisotopic (exact) mass is 253 g/mol. The van der Waals surface area contributed by atoms with Crippen molar-refractivity contribution in [2.45, 2.75) is 30.9 Å². The van der Waals surface area contributed by atoms with E-state index in [-0.39, 0.29) is 0 Å². The van der Waals surface area contributed by atoms with Gasteiger partial charge in [0.15, 0.2) is 0 Å². The van der Waals surface area contributed by atoms with Crippen LogP contribution in [0.25, 0.3) is 0 Å². The highest BCUT2D eigenvalue weighted by Gasteiger charge is 2.09. The molecule has 17 heavy (non-hydrogen) atoms. The topological polar surface area (TPSA) is 64.1 Å². The molecule has 0 saturated heterocycles. The minimum Gasteiger partial charge on any atom is -0.468 e. The maximum absolute atomic E-state index is 5.30. The largest absolute Gasteiger partial charge is 0.468 e. The van der Waals surface area contributed by atoms with Crippen molar-refractivity contribution in [2.75, 3.05) is 6.54 Å². The summed E-state index contributed by atoms with van der Waals surface area (Å²) >= 11 is 1.57. The van der Waals surface area contributed by atoms with Gasteiger partial charge in [-0.3, -0.25) is 0 Å². The molecule has 0 spiro atoms. The summed E-state index contributed by atoms with van der Waals surface area (Å²) < 4.78 is 10.5. The first-order chi connectivity index (χ1) is 8.24. The van der Waals surface area contributed by atoms with Crippen LogP contribution in [-0.2, 0) is 6.54 Å². The van der Waals surface area contributed by atoms with Gasteiger partial charge in [-0.05, 0) is 12.1 Å². The van der Waals surface area contributed by atoms with E-state index in [1.807, 2.05) is 12.1 Å². The van der Waals surface area contributed by atoms with E-state index in [1.165, 1.54) is 0 Å². The summed E-state index contributed by atoms with van der Waals surface area (Å²) in [4.78, 5) is 0. The maximum Gasteiger partial charge on any atom is 0.276 e. The van der Waals surface area contributed by atoms with Crippen molar-refractivity contribution >= 4 is 11.8 Å². The molecule has 0 bridgehead atoms. The van der Waals surface area contributed by atoms with E-state index in [0.29, 0.717) is 16.4 Å². The number of rotatable bonds is 6. The van der Waals surface area contributed by atoms with Crippen LogP contribution >= 0.6 is 11.8 Å². The van der Waals surface area contributed by atoms with Gasteiger partial charge >= 0.3 is 0 Å². The predicted molar refractivity (Wildman–Crippen MR) is 64.8 cm³/mol. The number of hydrogen-bond donors (Lipinski definition) is 1. The van der Waals surface area contributed by atoms with E-state index in [2.05, 4.69) is 22.4 Å². The van der Waals surface area contributed by atoms with E-state index in [0.717, 1.165) is 18.8 Å². The van der Waals surface area contributed by atoms with Crippen LogP contribution in [-0.4, -0.2) is 22.0 Å². The van der Waals surface area contributed by atoms with E-state index < -0.39 is 0 Å². The van der Waals surface area contributed by atoms with E-state index in [9.17, 15) is 0 Å². The van der Waals surface area contributed by atoms with Crippen LogP contribution in [0.3, 0.4) is 0 Å². The van der Waals surface area contributed by atoms with Crippen molar-refractivity contribution in [1.29, 1.82) is 0 Å². The Labute approximate surface area is 104 Å². The Morgan fingerprint density at radius 2 is 2.35 bits per heavy atom. The third-order valence-corrected chi connectivity index (χ3v) is 3.06. The number of hydrogen-bond acceptors (Lipinski definition) is 6. The molecule has 2 aromatic rings. The Bertz CT molecular complexity index is 441. The molecule has 0 saturated carbocycles. The quantitative estimate of drug-likeness (QED) is 0.796. The highest BCUT2D eigenvalue weighted by atomic mass is 32.2. The highest BCUT2D eigenvalue weighted by molar-refractivity contribution is 7.99. The van der Waals surface area contributed by atoms with Gasteiger partial charge in [0, 0.05) is 18.7 Å². The molecular formula is C11H15N3O2S. The Morgan fingerprint density at radius 1 is 1.47 bits per heavy atom. The van der Waals surface area contributed by atoms with Gasteiger partial charge < -0.3 is 14.2 Å². The van der Waals surface area contributed by atoms with Crippen LogP contribution < -0.4 is 5.32 Å². The van der Waals surface area contributed by atoms with Crippen LogP contribution in [0.1, 0.15) is 18.6 Å². The third-order valence-electron chi connectivity index (χ3n) is 2.12. The Balaban J connectivity index is 1.69. The average Bonchev–Trinajstić information content (AvgIpc) is 2.90. The van der Waals surface area contributed by atoms with E-state index in [4.69, 9.17) is 8.83 Å². The summed E-state index contributed by atoms with van der Waals surface area (Å²) in [5.74, 6) is 1.54. The number of furan rings is 1. The molecule has 5 nitrogen and oxygen atoms in total. The Morgan fingerprint density at radius 3 is 3.00 bits per heavy atom. The van der Waals surface area contributed by atoms with Crippen molar-refractivity contribution in [2.24, 2.45) is 0 Å². The Kier molecular flexibility index (Phi) is 4.22. The maximum atomic E-state index is 5.30. The molecule has 6 heteroatoms. The minimum atomic E-state index is 0.366. The second-order valence-electron chi connectivity index (χ2n) is 3.73. The summed E-state index contributed by atoms with van der Waals surface area (Å²) in [6.07, 6.45) is 1.68. The molecule has 0 aliphatic heterocycles. The fourth-order valence-corrected chi connectivity index (χ4v) is 2.15. The second kappa shape index (κ2) is 5.88. The van der Waals surface area contributed by atoms with Gasteiger partial charge in [-0.15, -0.1) is 10.2 Å². The van der Waals surface area contributed by atoms with Gasteiger partial charge in [0.2, 0.25) is 5.89 Å². The summed E-state index contributed by atoms with van der Waals surface area (Å²) in [5.41, 5.74) is 0. The molecule has 0 fully saturated rings. The number of aryl methyl sites for hydroxylation is 1. The molecule has 1 unspecified atom stereocenters. The van der Waals surface area contributed by atoms with Gasteiger partial charge in [-0.1, -0.05) is 18.7 Å². The molecular weight excluding hydrogens is 238 g/mol. The molecule has 1 N–H and O–H groups in total. The van der Waals surface area contributed by atoms with Gasteiger partial charge in [0.25, 0.3) is 5.22 Å². The fourth-order valence-electron chi connectivity index (χ4n) is 1.35. The van der Waals surface area contributed by atoms with Crippen LogP contribution in [0, 0.1) is 6.92 Å². The first-order valence-corrected chi connectivity index (χ1v) is 6.32. The van der Waals surface area contributed by atoms with Crippen molar-refractivity contribution in [1.82, 2.24) is 15.5 Å². The molecule has 0 radical (unpaired) electrons. The first kappa shape index (κ1) is 12.2. The van der Waals surface area contributed by atoms with Crippen molar-refractivity contribution in [3.63, 3.8) is 0 Å². The van der Waals surface area contributed by atoms with Crippen molar-refractivity contribution in [3.8, 4) is 0 Å². The average molecular weight is 253 g/mol. The first-order valence-electron chi connectivity index (χ1n) is 5.44. The zero-order chi connectivity index (χ0) is 12.1. The number of thioether (sulfide) groups is 1. The van der Waals surface area contributed by atoms with Crippen LogP contribution in [0.15, 0.2) is 32.5 Å². The molecule has 1 atom stereocenters. The summed E-state index contributed by atoms with van der Waals surface area (Å²) in [6.45, 7) is 5.49. The molecule has 2 aromatic heterocycles. The van der Waals surface area contributed by atoms with Crippen LogP contribution in [0.5, 0.6) is 0 Å². The van der Waals surface area contributed by atoms with E-state index in [1.54, 1.807) is 24.9 Å². The van der Waals surface area contributed by atoms with Gasteiger partial charge in [0.1, 0.15) is 5.76 Å². The molecule has 0 amide bonds. The zero-order valence-corrected chi connectivity index (χ0v) is 10.7. The molecule has 2 rings (SSSR count). The lowest BCUT2D eigenvalue weighted by atomic mass is 10.4. The van der Waals surface area contributed by atoms with Gasteiger partial charge in [-0.2, -0.15) is 0 Å². The van der Waals surface area contributed by atoms with Crippen LogP contribution in [0.2, 0.25) is 0 Å². The standard InChI is InChI=1S/C11H15N3O2S/c1-8(17-11-14-13-9(2)16-11)6-12-7-10-4-3-5-15-10/h3-5,8,12H,6-7H2,1-2H3. The second-order valence-corrected chi connectivity index (χ2v) is 5.12. The predicted octanol–water partition coefficient (Wildman–Crippen LogP) is 2.24. The Hall–Kier alpha value is -1.27. The fraction of sp³-hybridized carbons (Fsp3) is 0.455. The summed E-state index contributed by atoms with van der Waals surface area (Å²) in [6, 6.07) is 3.84. The number of nitrogens with zero attached hydrogens (tertiary/aromatic N) is 2. The summed E-state index contributed by atoms with van der Waals surface area (Å²) in [7, 11) is 0. The normalized spacial score (nSPS) is 12.8. The lowest BCUT2D eigenvalue weighted by Crippen LogP contribution is -2.22. The number of nitrogens with one attached hydrogen (secondary N) is 1. The smallest absolute Gasteiger partial charge is 0.276 e. The van der Waals surface area contributed by atoms with E-state index >= 15 is 0 Å². The van der Waals surface area contributed by atoms with Crippen molar-refractivity contribution < 1.29 is 8.83 Å². The molecule has 92 valence electrons. The minimum absolute atomic E-state index is 0.366. The molecule has 0 aliphatic rings. The lowest BCUT2D eigenvalue weighted by molar-refractivity contribution is 0.428. The zero-order valence-electron chi connectivity index (χ0n) is 9.84. The SMILES string of the molecule is Cc1nnc(SC(C)CNCc2ccco2)o1.